The number of carboxylic acid groups (broad SMARTS) is 2. The first-order valence-electron chi connectivity index (χ1n) is 15.5. The minimum absolute atomic E-state index is 0.0803. The Morgan fingerprint density at radius 3 is 1.65 bits per heavy atom. The minimum atomic E-state index is -1.37. The maximum absolute atomic E-state index is 12.7. The van der Waals surface area contributed by atoms with Crippen LogP contribution >= 0.6 is 0 Å². The van der Waals surface area contributed by atoms with Crippen LogP contribution in [0, 0.1) is 0 Å². The summed E-state index contributed by atoms with van der Waals surface area (Å²) in [7, 11) is 1.72. The second-order valence-corrected chi connectivity index (χ2v) is 11.4. The molecule has 0 amide bonds. The normalized spacial score (nSPS) is 15.1. The van der Waals surface area contributed by atoms with E-state index in [4.69, 9.17) is 4.74 Å². The molecule has 1 aliphatic rings. The van der Waals surface area contributed by atoms with Gasteiger partial charge in [0.2, 0.25) is 0 Å². The van der Waals surface area contributed by atoms with Crippen molar-refractivity contribution in [2.45, 2.75) is 130 Å². The third-order valence-corrected chi connectivity index (χ3v) is 8.62. The van der Waals surface area contributed by atoms with Gasteiger partial charge in [-0.25, -0.2) is 9.59 Å². The molecule has 1 aliphatic heterocycles. The van der Waals surface area contributed by atoms with Crippen LogP contribution in [0.25, 0.3) is 0 Å². The fraction of sp³-hybridized carbons (Fsp3) is 0.647. The lowest BCUT2D eigenvalue weighted by molar-refractivity contribution is -0.134. The topological polar surface area (TPSA) is 87.1 Å². The van der Waals surface area contributed by atoms with Crippen molar-refractivity contribution in [2.24, 2.45) is 0 Å². The fourth-order valence-electron chi connectivity index (χ4n) is 6.38. The molecule has 6 heteroatoms. The van der Waals surface area contributed by atoms with Crippen molar-refractivity contribution < 1.29 is 24.5 Å². The minimum Gasteiger partial charge on any atom is -0.494 e. The van der Waals surface area contributed by atoms with Crippen molar-refractivity contribution in [3.05, 3.63) is 51.9 Å². The maximum Gasteiger partial charge on any atom is 0.334 e. The Bertz CT molecular complexity index is 1020. The Balaban J connectivity index is 2.17. The molecule has 2 rings (SSSR count). The molecule has 0 fully saturated rings. The highest BCUT2D eigenvalue weighted by Gasteiger charge is 2.50. The molecule has 1 aromatic carbocycles. The molecule has 0 aromatic heterocycles. The van der Waals surface area contributed by atoms with Gasteiger partial charge in [0.05, 0.1) is 23.2 Å². The molecule has 1 heterocycles. The van der Waals surface area contributed by atoms with E-state index >= 15 is 0 Å². The number of aryl methyl sites for hydroxylation is 1. The van der Waals surface area contributed by atoms with Gasteiger partial charge >= 0.3 is 11.9 Å². The number of unbranched alkanes of at least 4 members (excludes halogenated alkanes) is 12. The molecule has 0 saturated heterocycles. The lowest BCUT2D eigenvalue weighted by atomic mass is 9.65. The van der Waals surface area contributed by atoms with Gasteiger partial charge < -0.3 is 19.8 Å². The van der Waals surface area contributed by atoms with Crippen molar-refractivity contribution in [2.75, 3.05) is 13.7 Å². The van der Waals surface area contributed by atoms with E-state index in [-0.39, 0.29) is 11.1 Å². The van der Waals surface area contributed by atoms with E-state index in [9.17, 15) is 19.8 Å². The number of hydrogen-bond acceptors (Lipinski definition) is 4. The molecule has 40 heavy (non-hydrogen) atoms. The zero-order valence-electron chi connectivity index (χ0n) is 25.9. The molecule has 0 bridgehead atoms. The van der Waals surface area contributed by atoms with E-state index in [2.05, 4.69) is 6.92 Å². The van der Waals surface area contributed by atoms with Crippen LogP contribution in [-0.4, -0.2) is 40.7 Å². The molecule has 0 unspecified atom stereocenters. The highest BCUT2D eigenvalue weighted by Crippen LogP contribution is 2.50. The van der Waals surface area contributed by atoms with Crippen molar-refractivity contribution in [3.63, 3.8) is 0 Å². The SMILES string of the molecule is CCCCCCCCCCCCCCCc1cccc(OCC)c1C1(C)C(C(=O)O)=C(C)N(C)C(C)=C1C(=O)O. The molecule has 0 aliphatic carbocycles. The monoisotopic (exact) mass is 555 g/mol. The van der Waals surface area contributed by atoms with E-state index in [1.54, 1.807) is 32.7 Å². The second-order valence-electron chi connectivity index (χ2n) is 11.4. The van der Waals surface area contributed by atoms with Gasteiger partial charge in [0.1, 0.15) is 5.75 Å². The number of carbonyl (C=O) groups is 2. The van der Waals surface area contributed by atoms with Crippen LogP contribution in [-0.2, 0) is 21.4 Å². The molecule has 0 radical (unpaired) electrons. The molecule has 0 spiro atoms. The van der Waals surface area contributed by atoms with E-state index in [1.165, 1.54) is 70.6 Å². The highest BCUT2D eigenvalue weighted by atomic mass is 16.5. The Morgan fingerprint density at radius 1 is 0.775 bits per heavy atom. The summed E-state index contributed by atoms with van der Waals surface area (Å²) in [5.41, 5.74) is 1.49. The predicted octanol–water partition coefficient (Wildman–Crippen LogP) is 8.64. The molecule has 0 atom stereocenters. The van der Waals surface area contributed by atoms with Crippen molar-refractivity contribution in [3.8, 4) is 5.75 Å². The lowest BCUT2D eigenvalue weighted by Crippen LogP contribution is -2.43. The van der Waals surface area contributed by atoms with Crippen molar-refractivity contribution in [1.82, 2.24) is 4.90 Å². The van der Waals surface area contributed by atoms with E-state index < -0.39 is 17.4 Å². The van der Waals surface area contributed by atoms with E-state index in [0.29, 0.717) is 29.3 Å². The summed E-state index contributed by atoms with van der Waals surface area (Å²) in [5, 5.41) is 20.8. The summed E-state index contributed by atoms with van der Waals surface area (Å²) in [5.74, 6) is -1.67. The summed E-state index contributed by atoms with van der Waals surface area (Å²) in [6, 6.07) is 5.77. The average molecular weight is 556 g/mol. The molecular weight excluding hydrogens is 502 g/mol. The van der Waals surface area contributed by atoms with Gasteiger partial charge in [-0.2, -0.15) is 0 Å². The van der Waals surface area contributed by atoms with Gasteiger partial charge in [-0.05, 0) is 52.2 Å². The Labute approximate surface area is 242 Å². The number of nitrogens with zero attached hydrogens (tertiary/aromatic N) is 1. The summed E-state index contributed by atoms with van der Waals surface area (Å²) in [6.45, 7) is 9.79. The number of benzene rings is 1. The van der Waals surface area contributed by atoms with Crippen LogP contribution in [0.1, 0.15) is 129 Å². The Kier molecular flexibility index (Phi) is 13.8. The first-order chi connectivity index (χ1) is 19.1. The number of aliphatic carboxylic acids is 2. The number of carboxylic acids is 2. The predicted molar refractivity (Wildman–Crippen MR) is 163 cm³/mol. The standard InChI is InChI=1S/C34H53NO5/c1-7-9-10-11-12-13-14-15-16-17-18-19-20-22-27-23-21-24-28(40-8-2)31(27)34(5)29(32(36)37)25(3)35(6)26(4)30(34)33(38)39/h21,23-24H,7-20,22H2,1-6H3,(H,36,37)(H,38,39). The van der Waals surface area contributed by atoms with Gasteiger partial charge in [-0.1, -0.05) is 96.1 Å². The summed E-state index contributed by atoms with van der Waals surface area (Å²) >= 11 is 0. The van der Waals surface area contributed by atoms with E-state index in [1.807, 2.05) is 25.1 Å². The van der Waals surface area contributed by atoms with Crippen LogP contribution in [0.2, 0.25) is 0 Å². The molecule has 2 N–H and O–H groups in total. The van der Waals surface area contributed by atoms with Gasteiger partial charge in [-0.15, -0.1) is 0 Å². The second kappa shape index (κ2) is 16.5. The van der Waals surface area contributed by atoms with Crippen LogP contribution in [0.5, 0.6) is 5.75 Å². The number of hydrogen-bond donors (Lipinski definition) is 2. The van der Waals surface area contributed by atoms with Crippen LogP contribution < -0.4 is 4.74 Å². The molecule has 224 valence electrons. The van der Waals surface area contributed by atoms with Crippen LogP contribution in [0.3, 0.4) is 0 Å². The highest BCUT2D eigenvalue weighted by molar-refractivity contribution is 6.01. The van der Waals surface area contributed by atoms with Crippen LogP contribution in [0.15, 0.2) is 40.7 Å². The smallest absolute Gasteiger partial charge is 0.334 e. The Hall–Kier alpha value is -2.76. The first kappa shape index (κ1) is 33.4. The lowest BCUT2D eigenvalue weighted by Gasteiger charge is -2.43. The van der Waals surface area contributed by atoms with Crippen molar-refractivity contribution >= 4 is 11.9 Å². The van der Waals surface area contributed by atoms with Gasteiger partial charge in [0.25, 0.3) is 0 Å². The van der Waals surface area contributed by atoms with Gasteiger partial charge in [0.15, 0.2) is 0 Å². The maximum atomic E-state index is 12.7. The fourth-order valence-corrected chi connectivity index (χ4v) is 6.38. The molecular formula is C34H53NO5. The third kappa shape index (κ3) is 8.14. The van der Waals surface area contributed by atoms with Gasteiger partial charge in [0, 0.05) is 24.0 Å². The van der Waals surface area contributed by atoms with E-state index in [0.717, 1.165) is 24.8 Å². The number of ether oxygens (including phenoxy) is 1. The number of allylic oxidation sites excluding steroid dienone is 2. The number of rotatable bonds is 19. The zero-order chi connectivity index (χ0) is 29.7. The molecule has 0 saturated carbocycles. The summed E-state index contributed by atoms with van der Waals surface area (Å²) in [4.78, 5) is 27.1. The first-order valence-corrected chi connectivity index (χ1v) is 15.5. The zero-order valence-corrected chi connectivity index (χ0v) is 25.9. The summed E-state index contributed by atoms with van der Waals surface area (Å²) < 4.78 is 6.02. The largest absolute Gasteiger partial charge is 0.494 e. The third-order valence-electron chi connectivity index (χ3n) is 8.62. The summed E-state index contributed by atoms with van der Waals surface area (Å²) in [6.07, 6.45) is 17.3. The molecule has 6 nitrogen and oxygen atoms in total. The van der Waals surface area contributed by atoms with Crippen LogP contribution in [0.4, 0.5) is 0 Å². The molecule has 1 aromatic rings. The van der Waals surface area contributed by atoms with Crippen molar-refractivity contribution in [1.29, 1.82) is 0 Å². The quantitative estimate of drug-likeness (QED) is 0.166. The Morgan fingerprint density at radius 2 is 1.23 bits per heavy atom. The van der Waals surface area contributed by atoms with Gasteiger partial charge in [-0.3, -0.25) is 0 Å². The average Bonchev–Trinajstić information content (AvgIpc) is 2.90.